The Kier molecular flexibility index (Phi) is 30.3. The van der Waals surface area contributed by atoms with Gasteiger partial charge in [0.25, 0.3) is 0 Å². The van der Waals surface area contributed by atoms with Crippen molar-refractivity contribution in [3.8, 4) is 0 Å². The maximum atomic E-state index is 13.5. The second-order valence-electron chi connectivity index (χ2n) is 17.6. The molecule has 9 N–H and O–H groups in total. The maximum absolute atomic E-state index is 13.5. The molecule has 1 saturated carbocycles. The number of phosphoric acid groups is 1. The van der Waals surface area contributed by atoms with Gasteiger partial charge in [-0.25, -0.2) is 4.57 Å². The first-order chi connectivity index (χ1) is 30.6. The van der Waals surface area contributed by atoms with Crippen molar-refractivity contribution < 1.29 is 78.4 Å². The van der Waals surface area contributed by atoms with Crippen molar-refractivity contribution in [1.82, 2.24) is 0 Å². The summed E-state index contributed by atoms with van der Waals surface area (Å²) < 4.78 is 34.6. The number of hydrogen-bond donors (Lipinski definition) is 9. The number of rotatable bonds is 23. The summed E-state index contributed by atoms with van der Waals surface area (Å²) in [5, 5.41) is 89.9. The molecule has 17 heteroatoms. The van der Waals surface area contributed by atoms with E-state index in [1.807, 2.05) is 6.92 Å². The maximum Gasteiger partial charge on any atom is 0.472 e. The number of allylic oxidation sites excluding steroid dienone is 4. The van der Waals surface area contributed by atoms with E-state index in [9.17, 15) is 59.9 Å². The highest BCUT2D eigenvalue weighted by molar-refractivity contribution is 7.47. The fourth-order valence-electron chi connectivity index (χ4n) is 7.98. The molecule has 0 spiro atoms. The lowest BCUT2D eigenvalue weighted by Gasteiger charge is -2.37. The molecule has 1 unspecified atom stereocenters. The second-order valence-corrected chi connectivity index (χ2v) is 19.0. The number of aliphatic hydroxyl groups excluding tert-OH is 8. The molecule has 13 atom stereocenters. The molecule has 1 aliphatic heterocycles. The van der Waals surface area contributed by atoms with Crippen LogP contribution in [-0.4, -0.2) is 132 Å². The Morgan fingerprint density at radius 2 is 1.41 bits per heavy atom. The Hall–Kier alpha value is -2.05. The largest absolute Gasteiger partial charge is 0.472 e. The zero-order valence-electron chi connectivity index (χ0n) is 38.4. The minimum Gasteiger partial charge on any atom is -0.462 e. The Labute approximate surface area is 381 Å². The highest BCUT2D eigenvalue weighted by atomic mass is 31.2. The minimum absolute atomic E-state index is 0.0994. The number of unbranched alkanes of at least 4 members (excludes halogenated alkanes) is 13. The van der Waals surface area contributed by atoms with Crippen LogP contribution in [0.25, 0.3) is 0 Å². The molecular formula is C47H83O16P. The van der Waals surface area contributed by atoms with E-state index >= 15 is 0 Å². The second kappa shape index (κ2) is 33.4. The highest BCUT2D eigenvalue weighted by Crippen LogP contribution is 2.47. The van der Waals surface area contributed by atoms with Crippen LogP contribution in [0.1, 0.15) is 162 Å². The van der Waals surface area contributed by atoms with Gasteiger partial charge in [0, 0.05) is 31.1 Å². The lowest BCUT2D eigenvalue weighted by Crippen LogP contribution is -2.55. The molecule has 1 heterocycles. The van der Waals surface area contributed by atoms with E-state index in [1.165, 1.54) is 50.7 Å². The van der Waals surface area contributed by atoms with Gasteiger partial charge in [0.2, 0.25) is 0 Å². The summed E-state index contributed by atoms with van der Waals surface area (Å²) in [6.45, 7) is 2.82. The molecule has 372 valence electrons. The standard InChI is InChI=1S/C47H83O16P/c1-3-5-7-8-9-10-11-12-13-14-15-16-17-18-23-27-40(51)60-32-35-33-61-64(58,59)63-47-45(56)43(54)37(30-29-34(48)25-21-6-4-2)39(50)31-38(49)36(42(53)44(55)46(47)57)26-22-19-20-24-28-41(52)62-35/h12-13,19,22,29-30,34-39,42-50,53-57H,3-11,14-18,20-21,23-28,31-33H2,1-2H3,(H,58,59)/b13-12-,22-19?,30-29+/t34-,35+,36-,37-,38-,39+,42+,43+,44-,45+,46+,47+/m0/s1. The van der Waals surface area contributed by atoms with Crippen LogP contribution < -0.4 is 0 Å². The number of phosphoric ester groups is 1. The number of fused-ring (bicyclic) bond motifs is 4. The predicted molar refractivity (Wildman–Crippen MR) is 241 cm³/mol. The lowest BCUT2D eigenvalue weighted by atomic mass is 9.83. The van der Waals surface area contributed by atoms with Crippen LogP contribution in [0.2, 0.25) is 0 Å². The average Bonchev–Trinajstić information content (AvgIpc) is 3.26. The van der Waals surface area contributed by atoms with E-state index in [4.69, 9.17) is 18.5 Å². The predicted octanol–water partition coefficient (Wildman–Crippen LogP) is 5.77. The van der Waals surface area contributed by atoms with Crippen LogP contribution >= 0.6 is 7.82 Å². The summed E-state index contributed by atoms with van der Waals surface area (Å²) in [5.74, 6) is -4.02. The first-order valence-corrected chi connectivity index (χ1v) is 25.5. The fraction of sp³-hybridized carbons (Fsp3) is 0.830. The van der Waals surface area contributed by atoms with Gasteiger partial charge in [-0.15, -0.1) is 0 Å². The third-order valence-corrected chi connectivity index (χ3v) is 13.0. The number of carbonyl (C=O) groups excluding carboxylic acids is 2. The number of esters is 2. The quantitative estimate of drug-likeness (QED) is 0.0255. The normalized spacial score (nSPS) is 32.3. The van der Waals surface area contributed by atoms with Crippen LogP contribution in [0.3, 0.4) is 0 Å². The molecule has 0 amide bonds. The Bertz CT molecular complexity index is 1390. The van der Waals surface area contributed by atoms with Gasteiger partial charge in [-0.05, 0) is 57.8 Å². The Morgan fingerprint density at radius 1 is 0.797 bits per heavy atom. The summed E-state index contributed by atoms with van der Waals surface area (Å²) in [6.07, 6.45) is 8.35. The first-order valence-electron chi connectivity index (χ1n) is 24.0. The van der Waals surface area contributed by atoms with Crippen molar-refractivity contribution in [3.63, 3.8) is 0 Å². The van der Waals surface area contributed by atoms with Crippen LogP contribution in [0.4, 0.5) is 0 Å². The van der Waals surface area contributed by atoms with Gasteiger partial charge in [0.15, 0.2) is 6.10 Å². The van der Waals surface area contributed by atoms with Gasteiger partial charge < -0.3 is 55.2 Å². The average molecular weight is 935 g/mol. The molecule has 64 heavy (non-hydrogen) atoms. The molecule has 0 aromatic carbocycles. The highest BCUT2D eigenvalue weighted by Gasteiger charge is 2.49. The summed E-state index contributed by atoms with van der Waals surface area (Å²) in [7, 11) is -5.44. The molecule has 16 nitrogen and oxygen atoms in total. The van der Waals surface area contributed by atoms with Gasteiger partial charge in [-0.2, -0.15) is 0 Å². The zero-order valence-corrected chi connectivity index (χ0v) is 39.3. The molecular weight excluding hydrogens is 851 g/mol. The van der Waals surface area contributed by atoms with Crippen molar-refractivity contribution >= 4 is 19.8 Å². The van der Waals surface area contributed by atoms with E-state index in [2.05, 4.69) is 19.1 Å². The molecule has 2 aliphatic rings. The van der Waals surface area contributed by atoms with Crippen molar-refractivity contribution in [2.75, 3.05) is 13.2 Å². The molecule has 1 fully saturated rings. The first kappa shape index (κ1) is 58.1. The molecule has 0 radical (unpaired) electrons. The molecule has 1 aliphatic carbocycles. The Morgan fingerprint density at radius 3 is 2.08 bits per heavy atom. The smallest absolute Gasteiger partial charge is 0.462 e. The van der Waals surface area contributed by atoms with Gasteiger partial charge in [-0.1, -0.05) is 121 Å². The van der Waals surface area contributed by atoms with Gasteiger partial charge in [0.1, 0.15) is 31.0 Å². The molecule has 2 rings (SSSR count). The minimum atomic E-state index is -5.44. The monoisotopic (exact) mass is 935 g/mol. The number of cyclic esters (lactones) is 1. The third-order valence-electron chi connectivity index (χ3n) is 12.0. The topological polar surface area (TPSA) is 270 Å². The third kappa shape index (κ3) is 23.6. The summed E-state index contributed by atoms with van der Waals surface area (Å²) >= 11 is 0. The molecule has 0 aromatic heterocycles. The van der Waals surface area contributed by atoms with E-state index < -0.39 is 112 Å². The van der Waals surface area contributed by atoms with Crippen LogP contribution in [0, 0.1) is 11.8 Å². The van der Waals surface area contributed by atoms with Crippen LogP contribution in [-0.2, 0) is 32.7 Å². The van der Waals surface area contributed by atoms with Gasteiger partial charge >= 0.3 is 19.8 Å². The molecule has 0 saturated heterocycles. The van der Waals surface area contributed by atoms with E-state index in [0.29, 0.717) is 25.7 Å². The van der Waals surface area contributed by atoms with Crippen molar-refractivity contribution in [2.45, 2.75) is 223 Å². The van der Waals surface area contributed by atoms with Crippen LogP contribution in [0.15, 0.2) is 36.5 Å². The van der Waals surface area contributed by atoms with E-state index in [-0.39, 0.29) is 25.7 Å². The van der Waals surface area contributed by atoms with Gasteiger partial charge in [0.05, 0.1) is 37.1 Å². The SMILES string of the molecule is CCCCCCCC/C=C\CCCCCCCC(=O)OC[C@@H]1COP(=O)(O)O[C@H]2[C@H](O)[C@@H](O)[C@H](O)[C@@H](CC=CCCCC(=O)O1)[C@@H](O)C[C@@H](O)[C@H](/C=C/[C@@H](O)CCCCC)[C@@H](O)[C@H]2O. The van der Waals surface area contributed by atoms with Crippen molar-refractivity contribution in [1.29, 1.82) is 0 Å². The summed E-state index contributed by atoms with van der Waals surface area (Å²) in [6, 6.07) is 0. The summed E-state index contributed by atoms with van der Waals surface area (Å²) in [5.41, 5.74) is 0. The zero-order chi connectivity index (χ0) is 47.3. The number of hydrogen-bond acceptors (Lipinski definition) is 15. The van der Waals surface area contributed by atoms with E-state index in [0.717, 1.165) is 51.4 Å². The van der Waals surface area contributed by atoms with Crippen molar-refractivity contribution in [2.24, 2.45) is 11.8 Å². The number of ether oxygens (including phenoxy) is 2. The molecule has 2 bridgehead atoms. The number of aliphatic hydroxyl groups is 8. The fourth-order valence-corrected chi connectivity index (χ4v) is 8.96. The lowest BCUT2D eigenvalue weighted by molar-refractivity contribution is -0.167. The molecule has 0 aromatic rings. The number of carbonyl (C=O) groups is 2. The van der Waals surface area contributed by atoms with E-state index in [1.54, 1.807) is 12.2 Å². The Balaban J connectivity index is 2.15. The van der Waals surface area contributed by atoms with Gasteiger partial charge in [-0.3, -0.25) is 18.6 Å². The summed E-state index contributed by atoms with van der Waals surface area (Å²) in [4.78, 5) is 36.4. The van der Waals surface area contributed by atoms with Crippen LogP contribution in [0.5, 0.6) is 0 Å². The van der Waals surface area contributed by atoms with Crippen molar-refractivity contribution in [3.05, 3.63) is 36.5 Å².